The van der Waals surface area contributed by atoms with Crippen LogP contribution in [0, 0.1) is 0 Å². The maximum Gasteiger partial charge on any atom is 0.0684 e. The van der Waals surface area contributed by atoms with Gasteiger partial charge >= 0.3 is 0 Å². The highest BCUT2D eigenvalue weighted by Gasteiger charge is 2.06. The Balaban J connectivity index is 2.73. The van der Waals surface area contributed by atoms with Crippen molar-refractivity contribution in [1.29, 1.82) is 0 Å². The SMILES string of the molecule is CC(C)c1nccc2[nH]ncc12. The fourth-order valence-corrected chi connectivity index (χ4v) is 1.35. The van der Waals surface area contributed by atoms with Crippen molar-refractivity contribution in [2.24, 2.45) is 0 Å². The van der Waals surface area contributed by atoms with Gasteiger partial charge in [-0.1, -0.05) is 13.8 Å². The molecule has 0 aliphatic heterocycles. The second-order valence-electron chi connectivity index (χ2n) is 3.18. The Kier molecular flexibility index (Phi) is 1.57. The Morgan fingerprint density at radius 3 is 3.00 bits per heavy atom. The molecule has 2 rings (SSSR count). The standard InChI is InChI=1S/C9H11N3/c1-6(2)9-7-5-11-12-8(7)3-4-10-9/h3-6H,1-2H3,(H,11,12). The maximum atomic E-state index is 4.32. The summed E-state index contributed by atoms with van der Waals surface area (Å²) in [5, 5.41) is 8.04. The number of aromatic amines is 1. The lowest BCUT2D eigenvalue weighted by Crippen LogP contribution is -1.91. The Bertz CT molecular complexity index is 389. The monoisotopic (exact) mass is 161 g/mol. The summed E-state index contributed by atoms with van der Waals surface area (Å²) in [5.41, 5.74) is 2.18. The van der Waals surface area contributed by atoms with Crippen LogP contribution in [0.5, 0.6) is 0 Å². The smallest absolute Gasteiger partial charge is 0.0684 e. The molecular formula is C9H11N3. The van der Waals surface area contributed by atoms with Gasteiger partial charge in [-0.25, -0.2) is 0 Å². The molecule has 0 fully saturated rings. The molecule has 0 aromatic carbocycles. The van der Waals surface area contributed by atoms with Crippen LogP contribution in [0.15, 0.2) is 18.5 Å². The van der Waals surface area contributed by atoms with E-state index < -0.39 is 0 Å². The van der Waals surface area contributed by atoms with Crippen LogP contribution in [-0.4, -0.2) is 15.2 Å². The third kappa shape index (κ3) is 0.978. The number of hydrogen-bond acceptors (Lipinski definition) is 2. The van der Waals surface area contributed by atoms with E-state index in [4.69, 9.17) is 0 Å². The Morgan fingerprint density at radius 1 is 1.42 bits per heavy atom. The third-order valence-corrected chi connectivity index (χ3v) is 1.95. The average molecular weight is 161 g/mol. The first-order valence-electron chi connectivity index (χ1n) is 4.07. The molecule has 0 saturated carbocycles. The first kappa shape index (κ1) is 7.28. The topological polar surface area (TPSA) is 41.6 Å². The largest absolute Gasteiger partial charge is 0.278 e. The first-order valence-corrected chi connectivity index (χ1v) is 4.07. The fourth-order valence-electron chi connectivity index (χ4n) is 1.35. The molecule has 0 aliphatic rings. The molecule has 0 amide bonds. The molecule has 0 bridgehead atoms. The zero-order valence-corrected chi connectivity index (χ0v) is 7.20. The zero-order chi connectivity index (χ0) is 8.55. The molecule has 0 spiro atoms. The summed E-state index contributed by atoms with van der Waals surface area (Å²) in [6.45, 7) is 4.27. The summed E-state index contributed by atoms with van der Waals surface area (Å²) in [6, 6.07) is 1.94. The van der Waals surface area contributed by atoms with E-state index in [1.165, 1.54) is 0 Å². The molecule has 1 N–H and O–H groups in total. The predicted octanol–water partition coefficient (Wildman–Crippen LogP) is 2.08. The van der Waals surface area contributed by atoms with Crippen molar-refractivity contribution >= 4 is 10.9 Å². The number of hydrogen-bond donors (Lipinski definition) is 1. The molecule has 12 heavy (non-hydrogen) atoms. The normalized spacial score (nSPS) is 11.2. The van der Waals surface area contributed by atoms with Crippen molar-refractivity contribution in [3.05, 3.63) is 24.2 Å². The Labute approximate surface area is 70.8 Å². The Morgan fingerprint density at radius 2 is 2.25 bits per heavy atom. The molecule has 0 atom stereocenters. The van der Waals surface area contributed by atoms with Crippen molar-refractivity contribution < 1.29 is 0 Å². The van der Waals surface area contributed by atoms with Gasteiger partial charge in [0.2, 0.25) is 0 Å². The minimum absolute atomic E-state index is 0.450. The number of aromatic nitrogens is 3. The highest BCUT2D eigenvalue weighted by Crippen LogP contribution is 2.20. The van der Waals surface area contributed by atoms with Gasteiger partial charge in [-0.15, -0.1) is 0 Å². The second kappa shape index (κ2) is 2.59. The minimum atomic E-state index is 0.450. The van der Waals surface area contributed by atoms with E-state index in [1.807, 2.05) is 18.5 Å². The lowest BCUT2D eigenvalue weighted by atomic mass is 10.1. The van der Waals surface area contributed by atoms with Gasteiger partial charge in [0.15, 0.2) is 0 Å². The molecule has 3 nitrogen and oxygen atoms in total. The molecular weight excluding hydrogens is 150 g/mol. The molecule has 0 unspecified atom stereocenters. The summed E-state index contributed by atoms with van der Waals surface area (Å²) < 4.78 is 0. The van der Waals surface area contributed by atoms with Gasteiger partial charge in [-0.3, -0.25) is 10.1 Å². The van der Waals surface area contributed by atoms with Gasteiger partial charge in [-0.05, 0) is 12.0 Å². The molecule has 2 aromatic heterocycles. The molecule has 2 heterocycles. The number of nitrogens with zero attached hydrogens (tertiary/aromatic N) is 2. The number of pyridine rings is 1. The van der Waals surface area contributed by atoms with Gasteiger partial charge in [0, 0.05) is 11.6 Å². The van der Waals surface area contributed by atoms with E-state index in [2.05, 4.69) is 29.0 Å². The summed E-state index contributed by atoms with van der Waals surface area (Å²) >= 11 is 0. The molecule has 0 radical (unpaired) electrons. The van der Waals surface area contributed by atoms with Crippen LogP contribution in [-0.2, 0) is 0 Å². The molecule has 3 heteroatoms. The number of nitrogens with one attached hydrogen (secondary N) is 1. The van der Waals surface area contributed by atoms with E-state index in [9.17, 15) is 0 Å². The van der Waals surface area contributed by atoms with Crippen LogP contribution in [0.4, 0.5) is 0 Å². The first-order chi connectivity index (χ1) is 5.79. The fraction of sp³-hybridized carbons (Fsp3) is 0.333. The van der Waals surface area contributed by atoms with Gasteiger partial charge < -0.3 is 0 Å². The summed E-state index contributed by atoms with van der Waals surface area (Å²) in [7, 11) is 0. The zero-order valence-electron chi connectivity index (χ0n) is 7.20. The Hall–Kier alpha value is -1.38. The predicted molar refractivity (Wildman–Crippen MR) is 48.0 cm³/mol. The summed E-state index contributed by atoms with van der Waals surface area (Å²) in [5.74, 6) is 0.450. The van der Waals surface area contributed by atoms with Crippen molar-refractivity contribution in [3.8, 4) is 0 Å². The summed E-state index contributed by atoms with van der Waals surface area (Å²) in [4.78, 5) is 4.32. The van der Waals surface area contributed by atoms with Gasteiger partial charge in [0.05, 0.1) is 17.4 Å². The highest BCUT2D eigenvalue weighted by molar-refractivity contribution is 5.80. The number of fused-ring (bicyclic) bond motifs is 1. The van der Waals surface area contributed by atoms with E-state index in [0.717, 1.165) is 16.6 Å². The molecule has 2 aromatic rings. The van der Waals surface area contributed by atoms with Gasteiger partial charge in [0.25, 0.3) is 0 Å². The summed E-state index contributed by atoms with van der Waals surface area (Å²) in [6.07, 6.45) is 3.65. The number of rotatable bonds is 1. The van der Waals surface area contributed by atoms with Crippen LogP contribution in [0.2, 0.25) is 0 Å². The van der Waals surface area contributed by atoms with Crippen LogP contribution in [0.3, 0.4) is 0 Å². The van der Waals surface area contributed by atoms with E-state index in [-0.39, 0.29) is 0 Å². The van der Waals surface area contributed by atoms with Crippen molar-refractivity contribution in [2.45, 2.75) is 19.8 Å². The molecule has 0 saturated heterocycles. The van der Waals surface area contributed by atoms with Crippen LogP contribution < -0.4 is 0 Å². The maximum absolute atomic E-state index is 4.32. The highest BCUT2D eigenvalue weighted by atomic mass is 15.1. The van der Waals surface area contributed by atoms with Crippen LogP contribution in [0.25, 0.3) is 10.9 Å². The second-order valence-corrected chi connectivity index (χ2v) is 3.18. The van der Waals surface area contributed by atoms with E-state index in [1.54, 1.807) is 0 Å². The van der Waals surface area contributed by atoms with Crippen LogP contribution in [0.1, 0.15) is 25.5 Å². The van der Waals surface area contributed by atoms with Crippen molar-refractivity contribution in [3.63, 3.8) is 0 Å². The third-order valence-electron chi connectivity index (χ3n) is 1.95. The lowest BCUT2D eigenvalue weighted by molar-refractivity contribution is 0.835. The van der Waals surface area contributed by atoms with Gasteiger partial charge in [0.1, 0.15) is 0 Å². The average Bonchev–Trinajstić information content (AvgIpc) is 2.49. The van der Waals surface area contributed by atoms with E-state index in [0.29, 0.717) is 5.92 Å². The van der Waals surface area contributed by atoms with E-state index >= 15 is 0 Å². The van der Waals surface area contributed by atoms with Crippen molar-refractivity contribution in [2.75, 3.05) is 0 Å². The lowest BCUT2D eigenvalue weighted by Gasteiger charge is -2.03. The van der Waals surface area contributed by atoms with Gasteiger partial charge in [-0.2, -0.15) is 5.10 Å². The molecule has 0 aliphatic carbocycles. The minimum Gasteiger partial charge on any atom is -0.278 e. The van der Waals surface area contributed by atoms with Crippen LogP contribution >= 0.6 is 0 Å². The molecule has 62 valence electrons. The quantitative estimate of drug-likeness (QED) is 0.695. The number of H-pyrrole nitrogens is 1. The van der Waals surface area contributed by atoms with Crippen molar-refractivity contribution in [1.82, 2.24) is 15.2 Å².